The van der Waals surface area contributed by atoms with Gasteiger partial charge in [0.05, 0.1) is 24.6 Å². The Morgan fingerprint density at radius 1 is 1.56 bits per heavy atom. The summed E-state index contributed by atoms with van der Waals surface area (Å²) in [6.45, 7) is 0.922. The zero-order chi connectivity index (χ0) is 13.0. The average Bonchev–Trinajstić information content (AvgIpc) is 2.68. The zero-order valence-corrected chi connectivity index (χ0v) is 10.7. The highest BCUT2D eigenvalue weighted by atomic mass is 32.2. The van der Waals surface area contributed by atoms with Crippen LogP contribution in [-0.4, -0.2) is 42.0 Å². The molecule has 0 saturated carbocycles. The van der Waals surface area contributed by atoms with E-state index < -0.39 is 0 Å². The van der Waals surface area contributed by atoms with Crippen LogP contribution in [0.15, 0.2) is 29.3 Å². The van der Waals surface area contributed by atoms with Gasteiger partial charge in [-0.2, -0.15) is 0 Å². The summed E-state index contributed by atoms with van der Waals surface area (Å²) in [6, 6.07) is 5.99. The van der Waals surface area contributed by atoms with E-state index in [4.69, 9.17) is 4.74 Å². The van der Waals surface area contributed by atoms with E-state index in [9.17, 15) is 9.18 Å². The number of nitrogens with zero attached hydrogens (tertiary/aromatic N) is 2. The molecule has 1 amide bonds. The first-order chi connectivity index (χ1) is 8.70. The zero-order valence-electron chi connectivity index (χ0n) is 9.93. The quantitative estimate of drug-likeness (QED) is 0.839. The third-order valence-corrected chi connectivity index (χ3v) is 3.37. The number of ether oxygens (including phenoxy) is 1. The van der Waals surface area contributed by atoms with Crippen LogP contribution in [0.25, 0.3) is 0 Å². The first kappa shape index (κ1) is 13.0. The topological polar surface area (TPSA) is 41.9 Å². The van der Waals surface area contributed by atoms with Gasteiger partial charge in [-0.1, -0.05) is 17.8 Å². The average molecular weight is 268 g/mol. The van der Waals surface area contributed by atoms with Crippen LogP contribution in [0.2, 0.25) is 0 Å². The summed E-state index contributed by atoms with van der Waals surface area (Å²) < 4.78 is 18.0. The summed E-state index contributed by atoms with van der Waals surface area (Å²) in [4.78, 5) is 17.5. The Morgan fingerprint density at radius 3 is 3.11 bits per heavy atom. The number of carbonyl (C=O) groups is 1. The van der Waals surface area contributed by atoms with Crippen LogP contribution in [-0.2, 0) is 9.53 Å². The van der Waals surface area contributed by atoms with Gasteiger partial charge in [0.1, 0.15) is 5.82 Å². The van der Waals surface area contributed by atoms with E-state index in [-0.39, 0.29) is 11.7 Å². The smallest absolute Gasteiger partial charge is 0.239 e. The van der Waals surface area contributed by atoms with Crippen LogP contribution in [0.1, 0.15) is 0 Å². The lowest BCUT2D eigenvalue weighted by Gasteiger charge is -2.14. The van der Waals surface area contributed by atoms with E-state index >= 15 is 0 Å². The Hall–Kier alpha value is -1.40. The number of methoxy groups -OCH3 is 1. The maximum atomic E-state index is 13.0. The van der Waals surface area contributed by atoms with Crippen LogP contribution in [0.5, 0.6) is 0 Å². The second-order valence-electron chi connectivity index (χ2n) is 3.70. The van der Waals surface area contributed by atoms with Crippen LogP contribution in [0.4, 0.5) is 10.1 Å². The van der Waals surface area contributed by atoms with E-state index in [1.54, 1.807) is 24.1 Å². The van der Waals surface area contributed by atoms with Gasteiger partial charge < -0.3 is 4.74 Å². The number of thioether (sulfide) groups is 1. The maximum absolute atomic E-state index is 13.0. The van der Waals surface area contributed by atoms with Gasteiger partial charge in [0.15, 0.2) is 5.17 Å². The molecule has 1 aromatic carbocycles. The number of rotatable bonds is 4. The van der Waals surface area contributed by atoms with Gasteiger partial charge in [-0.05, 0) is 18.2 Å². The highest BCUT2D eigenvalue weighted by Gasteiger charge is 2.27. The van der Waals surface area contributed by atoms with Crippen molar-refractivity contribution >= 4 is 28.5 Å². The first-order valence-electron chi connectivity index (χ1n) is 5.47. The molecular weight excluding hydrogens is 255 g/mol. The Kier molecular flexibility index (Phi) is 4.33. The predicted octanol–water partition coefficient (Wildman–Crippen LogP) is 2.03. The van der Waals surface area contributed by atoms with Gasteiger partial charge in [-0.25, -0.2) is 9.38 Å². The Balaban J connectivity index is 2.18. The van der Waals surface area contributed by atoms with Crippen molar-refractivity contribution in [2.75, 3.05) is 26.0 Å². The van der Waals surface area contributed by atoms with Crippen molar-refractivity contribution in [3.05, 3.63) is 30.1 Å². The second kappa shape index (κ2) is 5.97. The van der Waals surface area contributed by atoms with Crippen molar-refractivity contribution < 1.29 is 13.9 Å². The van der Waals surface area contributed by atoms with Gasteiger partial charge in [0, 0.05) is 7.11 Å². The molecule has 1 aliphatic heterocycles. The normalized spacial score (nSPS) is 17.8. The maximum Gasteiger partial charge on any atom is 0.239 e. The fourth-order valence-corrected chi connectivity index (χ4v) is 2.47. The van der Waals surface area contributed by atoms with E-state index in [0.29, 0.717) is 29.8 Å². The van der Waals surface area contributed by atoms with E-state index in [0.717, 1.165) is 0 Å². The number of halogens is 1. The third-order valence-electron chi connectivity index (χ3n) is 2.41. The third kappa shape index (κ3) is 3.08. The lowest BCUT2D eigenvalue weighted by atomic mass is 10.3. The van der Waals surface area contributed by atoms with Crippen molar-refractivity contribution in [1.82, 2.24) is 4.90 Å². The highest BCUT2D eigenvalue weighted by Crippen LogP contribution is 2.23. The minimum atomic E-state index is -0.338. The summed E-state index contributed by atoms with van der Waals surface area (Å²) in [7, 11) is 1.58. The Labute approximate surface area is 109 Å². The molecule has 1 aromatic rings. The minimum absolute atomic E-state index is 0.00667. The molecule has 0 N–H and O–H groups in total. The largest absolute Gasteiger partial charge is 0.383 e. The molecule has 0 atom stereocenters. The molecule has 0 bridgehead atoms. The van der Waals surface area contributed by atoms with Crippen LogP contribution in [0.3, 0.4) is 0 Å². The standard InChI is InChI=1S/C12H13FN2O2S/c1-17-6-5-15-11(16)8-18-12(15)14-10-4-2-3-9(13)7-10/h2-4,7H,5-6,8H2,1H3. The molecule has 0 aromatic heterocycles. The number of carbonyl (C=O) groups excluding carboxylic acids is 1. The SMILES string of the molecule is COCCN1C(=O)CSC1=Nc1cccc(F)c1. The van der Waals surface area contributed by atoms with Gasteiger partial charge in [-0.3, -0.25) is 9.69 Å². The van der Waals surface area contributed by atoms with E-state index in [1.165, 1.54) is 23.9 Å². The summed E-state index contributed by atoms with van der Waals surface area (Å²) >= 11 is 1.36. The van der Waals surface area contributed by atoms with E-state index in [1.807, 2.05) is 0 Å². The molecule has 1 heterocycles. The summed E-state index contributed by atoms with van der Waals surface area (Å²) in [5.74, 6) is 0.0412. The molecule has 0 spiro atoms. The van der Waals surface area contributed by atoms with Crippen molar-refractivity contribution in [1.29, 1.82) is 0 Å². The molecular formula is C12H13FN2O2S. The second-order valence-corrected chi connectivity index (χ2v) is 4.64. The molecule has 6 heteroatoms. The van der Waals surface area contributed by atoms with Crippen molar-refractivity contribution in [2.45, 2.75) is 0 Å². The molecule has 1 fully saturated rings. The monoisotopic (exact) mass is 268 g/mol. The highest BCUT2D eigenvalue weighted by molar-refractivity contribution is 8.15. The Morgan fingerprint density at radius 2 is 2.39 bits per heavy atom. The Bertz CT molecular complexity index is 479. The van der Waals surface area contributed by atoms with Crippen molar-refractivity contribution in [2.24, 2.45) is 4.99 Å². The van der Waals surface area contributed by atoms with Crippen molar-refractivity contribution in [3.63, 3.8) is 0 Å². The number of aliphatic imine (C=N–C) groups is 1. The molecule has 0 radical (unpaired) electrons. The van der Waals surface area contributed by atoms with Gasteiger partial charge in [0.25, 0.3) is 0 Å². The van der Waals surface area contributed by atoms with E-state index in [2.05, 4.69) is 4.99 Å². The fourth-order valence-electron chi connectivity index (χ4n) is 1.54. The fraction of sp³-hybridized carbons (Fsp3) is 0.333. The number of amides is 1. The van der Waals surface area contributed by atoms with Crippen molar-refractivity contribution in [3.8, 4) is 0 Å². The van der Waals surface area contributed by atoms with Gasteiger partial charge in [-0.15, -0.1) is 0 Å². The molecule has 4 nitrogen and oxygen atoms in total. The predicted molar refractivity (Wildman–Crippen MR) is 69.5 cm³/mol. The lowest BCUT2D eigenvalue weighted by molar-refractivity contribution is -0.124. The van der Waals surface area contributed by atoms with Crippen LogP contribution < -0.4 is 0 Å². The molecule has 2 rings (SSSR count). The molecule has 18 heavy (non-hydrogen) atoms. The first-order valence-corrected chi connectivity index (χ1v) is 6.45. The van der Waals surface area contributed by atoms with Crippen LogP contribution >= 0.6 is 11.8 Å². The lowest BCUT2D eigenvalue weighted by Crippen LogP contribution is -2.32. The molecule has 1 aliphatic rings. The number of hydrogen-bond donors (Lipinski definition) is 0. The molecule has 0 unspecified atom stereocenters. The summed E-state index contributed by atoms with van der Waals surface area (Å²) in [5, 5.41) is 0.600. The van der Waals surface area contributed by atoms with Gasteiger partial charge in [0.2, 0.25) is 5.91 Å². The number of benzene rings is 1. The summed E-state index contributed by atoms with van der Waals surface area (Å²) in [6.07, 6.45) is 0. The minimum Gasteiger partial charge on any atom is -0.383 e. The number of amidine groups is 1. The summed E-state index contributed by atoms with van der Waals surface area (Å²) in [5.41, 5.74) is 0.509. The molecule has 0 aliphatic carbocycles. The number of hydrogen-bond acceptors (Lipinski definition) is 4. The van der Waals surface area contributed by atoms with Crippen LogP contribution in [0, 0.1) is 5.82 Å². The molecule has 96 valence electrons. The molecule has 1 saturated heterocycles. The van der Waals surface area contributed by atoms with Gasteiger partial charge >= 0.3 is 0 Å².